The van der Waals surface area contributed by atoms with E-state index in [0.717, 1.165) is 15.7 Å². The maximum atomic E-state index is 12.2. The molecule has 0 spiro atoms. The summed E-state index contributed by atoms with van der Waals surface area (Å²) in [5.74, 6) is -0.468. The van der Waals surface area contributed by atoms with Crippen LogP contribution in [0.2, 0.25) is 0 Å². The lowest BCUT2D eigenvalue weighted by Crippen LogP contribution is -2.37. The van der Waals surface area contributed by atoms with Crippen LogP contribution in [-0.4, -0.2) is 23.6 Å². The highest BCUT2D eigenvalue weighted by Gasteiger charge is 2.28. The zero-order valence-corrected chi connectivity index (χ0v) is 13.4. The van der Waals surface area contributed by atoms with E-state index in [4.69, 9.17) is 0 Å². The Morgan fingerprint density at radius 2 is 1.92 bits per heavy atom. The number of nitrogens with zero attached hydrogens (tertiary/aromatic N) is 5. The molecule has 0 amide bonds. The first-order chi connectivity index (χ1) is 11.3. The van der Waals surface area contributed by atoms with Crippen LogP contribution in [0.15, 0.2) is 33.9 Å². The minimum absolute atomic E-state index is 0.0982. The van der Waals surface area contributed by atoms with Gasteiger partial charge < -0.3 is 10.1 Å². The van der Waals surface area contributed by atoms with Crippen LogP contribution < -0.4 is 11.2 Å². The Morgan fingerprint density at radius 3 is 2.54 bits per heavy atom. The fourth-order valence-electron chi connectivity index (χ4n) is 2.76. The number of nitro groups is 1. The molecule has 24 heavy (non-hydrogen) atoms. The highest BCUT2D eigenvalue weighted by Crippen LogP contribution is 2.20. The van der Waals surface area contributed by atoms with E-state index < -0.39 is 22.1 Å². The third kappa shape index (κ3) is 2.30. The Hall–Kier alpha value is -3.23. The van der Waals surface area contributed by atoms with Crippen LogP contribution in [-0.2, 0) is 20.6 Å². The van der Waals surface area contributed by atoms with Crippen molar-refractivity contribution < 1.29 is 4.92 Å². The van der Waals surface area contributed by atoms with Crippen molar-refractivity contribution in [3.8, 4) is 0 Å². The fourth-order valence-corrected chi connectivity index (χ4v) is 2.76. The van der Waals surface area contributed by atoms with Crippen LogP contribution in [0.3, 0.4) is 0 Å². The molecule has 2 aromatic heterocycles. The number of aromatic nitrogens is 4. The summed E-state index contributed by atoms with van der Waals surface area (Å²) < 4.78 is 3.37. The Balaban J connectivity index is 2.37. The molecular formula is C15H15N5O4. The van der Waals surface area contributed by atoms with Gasteiger partial charge in [0.2, 0.25) is 5.65 Å². The molecule has 124 valence electrons. The average Bonchev–Trinajstić information content (AvgIpc) is 2.90. The van der Waals surface area contributed by atoms with Crippen molar-refractivity contribution in [3.63, 3.8) is 0 Å². The quantitative estimate of drug-likeness (QED) is 0.519. The number of imidazole rings is 1. The zero-order chi connectivity index (χ0) is 17.6. The van der Waals surface area contributed by atoms with Gasteiger partial charge in [0.15, 0.2) is 0 Å². The Morgan fingerprint density at radius 1 is 1.21 bits per heavy atom. The van der Waals surface area contributed by atoms with Gasteiger partial charge in [0.25, 0.3) is 5.52 Å². The van der Waals surface area contributed by atoms with Gasteiger partial charge in [-0.1, -0.05) is 34.8 Å². The van der Waals surface area contributed by atoms with Gasteiger partial charge in [0.1, 0.15) is 0 Å². The van der Waals surface area contributed by atoms with Crippen LogP contribution in [0, 0.1) is 17.0 Å². The predicted octanol–water partition coefficient (Wildman–Crippen LogP) is 0.699. The van der Waals surface area contributed by atoms with Crippen LogP contribution >= 0.6 is 0 Å². The van der Waals surface area contributed by atoms with Crippen molar-refractivity contribution >= 4 is 17.1 Å². The van der Waals surface area contributed by atoms with Crippen LogP contribution in [0.25, 0.3) is 11.2 Å². The fraction of sp³-hybridized carbons (Fsp3) is 0.267. The molecule has 0 bridgehead atoms. The van der Waals surface area contributed by atoms with Gasteiger partial charge in [0.05, 0.1) is 6.54 Å². The number of hydrogen-bond donors (Lipinski definition) is 0. The lowest BCUT2D eigenvalue weighted by Gasteiger charge is -2.07. The summed E-state index contributed by atoms with van der Waals surface area (Å²) in [6.07, 6.45) is 0. The maximum absolute atomic E-state index is 12.2. The Kier molecular flexibility index (Phi) is 3.55. The first-order valence-corrected chi connectivity index (χ1v) is 7.17. The molecular weight excluding hydrogens is 314 g/mol. The van der Waals surface area contributed by atoms with Gasteiger partial charge in [-0.3, -0.25) is 13.9 Å². The van der Waals surface area contributed by atoms with E-state index in [1.807, 2.05) is 31.2 Å². The summed E-state index contributed by atoms with van der Waals surface area (Å²) in [6.45, 7) is 2.05. The smallest absolute Gasteiger partial charge is 0.390 e. The van der Waals surface area contributed by atoms with Crippen molar-refractivity contribution in [2.75, 3.05) is 0 Å². The monoisotopic (exact) mass is 329 g/mol. The molecule has 0 unspecified atom stereocenters. The molecule has 3 rings (SSSR count). The molecule has 0 aliphatic carbocycles. The Labute approximate surface area is 135 Å². The molecule has 0 saturated carbocycles. The lowest BCUT2D eigenvalue weighted by molar-refractivity contribution is -0.396. The third-order valence-corrected chi connectivity index (χ3v) is 3.91. The predicted molar refractivity (Wildman–Crippen MR) is 87.2 cm³/mol. The van der Waals surface area contributed by atoms with Crippen LogP contribution in [0.1, 0.15) is 11.1 Å². The molecule has 0 saturated heterocycles. The molecule has 1 aromatic carbocycles. The molecule has 0 N–H and O–H groups in total. The van der Waals surface area contributed by atoms with E-state index in [1.165, 1.54) is 23.2 Å². The molecule has 2 heterocycles. The van der Waals surface area contributed by atoms with Gasteiger partial charge in [-0.15, -0.1) is 0 Å². The SMILES string of the molecule is Cc1cccc(Cn2c([N+](=O)[O-])nc3c(=O)n(C)c(=O)n(C)c32)c1. The topological polar surface area (TPSA) is 105 Å². The summed E-state index contributed by atoms with van der Waals surface area (Å²) in [4.78, 5) is 39.0. The minimum Gasteiger partial charge on any atom is -0.390 e. The number of rotatable bonds is 3. The van der Waals surface area contributed by atoms with E-state index in [9.17, 15) is 19.7 Å². The molecule has 9 heteroatoms. The van der Waals surface area contributed by atoms with Crippen LogP contribution in [0.4, 0.5) is 5.95 Å². The van der Waals surface area contributed by atoms with E-state index >= 15 is 0 Å². The second kappa shape index (κ2) is 5.44. The molecule has 3 aromatic rings. The summed E-state index contributed by atoms with van der Waals surface area (Å²) in [5, 5.41) is 11.4. The second-order valence-electron chi connectivity index (χ2n) is 5.62. The third-order valence-electron chi connectivity index (χ3n) is 3.91. The normalized spacial score (nSPS) is 11.1. The summed E-state index contributed by atoms with van der Waals surface area (Å²) in [5.41, 5.74) is 0.636. The van der Waals surface area contributed by atoms with E-state index in [2.05, 4.69) is 4.98 Å². The first-order valence-electron chi connectivity index (χ1n) is 7.17. The van der Waals surface area contributed by atoms with Gasteiger partial charge in [-0.05, 0) is 17.4 Å². The van der Waals surface area contributed by atoms with E-state index in [1.54, 1.807) is 0 Å². The van der Waals surface area contributed by atoms with Crippen molar-refractivity contribution in [1.82, 2.24) is 18.7 Å². The Bertz CT molecular complexity index is 1090. The highest BCUT2D eigenvalue weighted by atomic mass is 16.6. The van der Waals surface area contributed by atoms with E-state index in [0.29, 0.717) is 0 Å². The first kappa shape index (κ1) is 15.7. The molecule has 0 radical (unpaired) electrons. The number of benzene rings is 1. The van der Waals surface area contributed by atoms with Crippen molar-refractivity contribution in [2.24, 2.45) is 14.1 Å². The van der Waals surface area contributed by atoms with Gasteiger partial charge in [-0.2, -0.15) is 0 Å². The molecule has 0 atom stereocenters. The number of aryl methyl sites for hydroxylation is 2. The second-order valence-corrected chi connectivity index (χ2v) is 5.62. The van der Waals surface area contributed by atoms with Crippen molar-refractivity contribution in [3.05, 3.63) is 66.3 Å². The van der Waals surface area contributed by atoms with Gasteiger partial charge in [0, 0.05) is 14.1 Å². The highest BCUT2D eigenvalue weighted by molar-refractivity contribution is 5.72. The summed E-state index contributed by atoms with van der Waals surface area (Å²) in [6, 6.07) is 7.46. The maximum Gasteiger partial charge on any atom is 0.437 e. The number of fused-ring (bicyclic) bond motifs is 1. The molecule has 0 aliphatic heterocycles. The lowest BCUT2D eigenvalue weighted by atomic mass is 10.1. The standard InChI is InChI=1S/C15H15N5O4/c1-9-5-4-6-10(7-9)8-19-12-11(16-14(19)20(23)24)13(21)18(3)15(22)17(12)2/h4-7H,8H2,1-3H3. The summed E-state index contributed by atoms with van der Waals surface area (Å²) in [7, 11) is 2.78. The molecule has 0 aliphatic rings. The van der Waals surface area contributed by atoms with Crippen molar-refractivity contribution in [2.45, 2.75) is 13.5 Å². The van der Waals surface area contributed by atoms with Crippen molar-refractivity contribution in [1.29, 1.82) is 0 Å². The molecule has 0 fully saturated rings. The molecule has 9 nitrogen and oxygen atoms in total. The zero-order valence-electron chi connectivity index (χ0n) is 13.4. The van der Waals surface area contributed by atoms with E-state index in [-0.39, 0.29) is 17.7 Å². The minimum atomic E-state index is -0.654. The van der Waals surface area contributed by atoms with Gasteiger partial charge >= 0.3 is 17.2 Å². The van der Waals surface area contributed by atoms with Crippen LogP contribution in [0.5, 0.6) is 0 Å². The number of hydrogen-bond acceptors (Lipinski definition) is 5. The summed E-state index contributed by atoms with van der Waals surface area (Å²) >= 11 is 0. The largest absolute Gasteiger partial charge is 0.437 e. The van der Waals surface area contributed by atoms with Gasteiger partial charge in [-0.25, -0.2) is 9.36 Å². The average molecular weight is 329 g/mol.